The van der Waals surface area contributed by atoms with E-state index in [0.29, 0.717) is 13.0 Å². The number of benzene rings is 2. The largest absolute Gasteiger partial charge is 0.481 e. The van der Waals surface area contributed by atoms with E-state index in [4.69, 9.17) is 4.74 Å². The highest BCUT2D eigenvalue weighted by Crippen LogP contribution is 2.19. The first-order chi connectivity index (χ1) is 11.5. The Kier molecular flexibility index (Phi) is 6.42. The van der Waals surface area contributed by atoms with Gasteiger partial charge in [0.2, 0.25) is 0 Å². The molecule has 2 aromatic rings. The molecule has 0 fully saturated rings. The van der Waals surface area contributed by atoms with E-state index >= 15 is 0 Å². The van der Waals surface area contributed by atoms with Crippen molar-refractivity contribution in [3.05, 3.63) is 65.2 Å². The molecular formula is C21H27NO2. The molecule has 0 saturated carbocycles. The summed E-state index contributed by atoms with van der Waals surface area (Å²) in [6.07, 6.45) is 0.174. The van der Waals surface area contributed by atoms with Gasteiger partial charge in [-0.2, -0.15) is 0 Å². The van der Waals surface area contributed by atoms with Crippen molar-refractivity contribution in [1.29, 1.82) is 0 Å². The summed E-state index contributed by atoms with van der Waals surface area (Å²) in [6.45, 7) is 8.79. The van der Waals surface area contributed by atoms with Gasteiger partial charge < -0.3 is 10.1 Å². The fourth-order valence-electron chi connectivity index (χ4n) is 2.54. The Bertz CT molecular complexity index is 667. The van der Waals surface area contributed by atoms with Crippen LogP contribution < -0.4 is 10.1 Å². The summed E-state index contributed by atoms with van der Waals surface area (Å²) >= 11 is 0. The number of carbonyl (C=O) groups is 1. The number of carbonyl (C=O) groups excluding carboxylic acids is 1. The van der Waals surface area contributed by atoms with Crippen LogP contribution in [0.4, 0.5) is 0 Å². The first-order valence-electron chi connectivity index (χ1n) is 8.57. The molecule has 3 heteroatoms. The van der Waals surface area contributed by atoms with Gasteiger partial charge in [-0.25, -0.2) is 0 Å². The van der Waals surface area contributed by atoms with Crippen LogP contribution in [0.5, 0.6) is 5.75 Å². The Morgan fingerprint density at radius 2 is 1.79 bits per heavy atom. The number of hydrogen-bond acceptors (Lipinski definition) is 2. The van der Waals surface area contributed by atoms with E-state index in [1.165, 1.54) is 16.7 Å². The lowest BCUT2D eigenvalue weighted by Gasteiger charge is -2.19. The maximum Gasteiger partial charge on any atom is 0.261 e. The van der Waals surface area contributed by atoms with Gasteiger partial charge in [-0.3, -0.25) is 4.79 Å². The smallest absolute Gasteiger partial charge is 0.261 e. The minimum Gasteiger partial charge on any atom is -0.481 e. The van der Waals surface area contributed by atoms with Crippen LogP contribution in [0.2, 0.25) is 0 Å². The van der Waals surface area contributed by atoms with E-state index < -0.39 is 6.10 Å². The molecule has 2 aromatic carbocycles. The van der Waals surface area contributed by atoms with Crippen LogP contribution in [-0.4, -0.2) is 18.6 Å². The van der Waals surface area contributed by atoms with Crippen molar-refractivity contribution in [2.45, 2.75) is 46.1 Å². The molecule has 0 aliphatic carbocycles. The highest BCUT2D eigenvalue weighted by molar-refractivity contribution is 5.81. The molecule has 24 heavy (non-hydrogen) atoms. The van der Waals surface area contributed by atoms with Crippen molar-refractivity contribution in [2.75, 3.05) is 6.54 Å². The van der Waals surface area contributed by atoms with Crippen LogP contribution in [0, 0.1) is 13.8 Å². The molecule has 0 bridgehead atoms. The Morgan fingerprint density at radius 3 is 2.42 bits per heavy atom. The predicted octanol–water partition coefficient (Wildman–Crippen LogP) is 4.38. The molecule has 1 N–H and O–H groups in total. The third-order valence-corrected chi connectivity index (χ3v) is 4.37. The molecule has 0 aliphatic rings. The van der Waals surface area contributed by atoms with Gasteiger partial charge in [-0.05, 0) is 55.0 Å². The summed E-state index contributed by atoms with van der Waals surface area (Å²) in [5.41, 5.74) is 3.61. The van der Waals surface area contributed by atoms with Crippen molar-refractivity contribution in [1.82, 2.24) is 5.32 Å². The first kappa shape index (κ1) is 18.1. The number of hydrogen-bond donors (Lipinski definition) is 1. The van der Waals surface area contributed by atoms with Crippen molar-refractivity contribution in [2.24, 2.45) is 0 Å². The monoisotopic (exact) mass is 325 g/mol. The Labute approximate surface area is 145 Å². The fraction of sp³-hybridized carbons (Fsp3) is 0.381. The summed E-state index contributed by atoms with van der Waals surface area (Å²) in [4.78, 5) is 12.4. The summed E-state index contributed by atoms with van der Waals surface area (Å²) in [7, 11) is 0. The summed E-state index contributed by atoms with van der Waals surface area (Å²) < 4.78 is 5.89. The number of aryl methyl sites for hydroxylation is 2. The van der Waals surface area contributed by atoms with Gasteiger partial charge >= 0.3 is 0 Å². The summed E-state index contributed by atoms with van der Waals surface area (Å²) in [5, 5.41) is 3.01. The van der Waals surface area contributed by atoms with E-state index in [1.54, 1.807) is 0 Å². The van der Waals surface area contributed by atoms with E-state index in [0.717, 1.165) is 5.75 Å². The molecule has 2 atom stereocenters. The second kappa shape index (κ2) is 8.53. The van der Waals surface area contributed by atoms with Gasteiger partial charge in [0.05, 0.1) is 0 Å². The van der Waals surface area contributed by atoms with Crippen molar-refractivity contribution >= 4 is 5.91 Å². The Balaban J connectivity index is 1.92. The SMILES string of the molecule is CC[C@H](Oc1ccc(C)c(C)c1)C(=O)NC[C@@H](C)c1ccccc1. The van der Waals surface area contributed by atoms with E-state index in [9.17, 15) is 4.79 Å². The molecule has 0 spiro atoms. The van der Waals surface area contributed by atoms with Crippen LogP contribution in [-0.2, 0) is 4.79 Å². The second-order valence-corrected chi connectivity index (χ2v) is 6.32. The average molecular weight is 325 g/mol. The lowest BCUT2D eigenvalue weighted by molar-refractivity contribution is -0.128. The number of ether oxygens (including phenoxy) is 1. The van der Waals surface area contributed by atoms with Crippen LogP contribution in [0.15, 0.2) is 48.5 Å². The van der Waals surface area contributed by atoms with Gasteiger partial charge in [0, 0.05) is 6.54 Å². The van der Waals surface area contributed by atoms with E-state index in [1.807, 2.05) is 50.2 Å². The highest BCUT2D eigenvalue weighted by atomic mass is 16.5. The van der Waals surface area contributed by atoms with E-state index in [2.05, 4.69) is 31.3 Å². The molecule has 1 amide bonds. The zero-order valence-corrected chi connectivity index (χ0v) is 15.0. The topological polar surface area (TPSA) is 38.3 Å². The molecule has 0 radical (unpaired) electrons. The minimum atomic E-state index is -0.463. The third-order valence-electron chi connectivity index (χ3n) is 4.37. The average Bonchev–Trinajstić information content (AvgIpc) is 2.61. The Hall–Kier alpha value is -2.29. The van der Waals surface area contributed by atoms with Crippen molar-refractivity contribution in [3.63, 3.8) is 0 Å². The highest BCUT2D eigenvalue weighted by Gasteiger charge is 2.19. The predicted molar refractivity (Wildman–Crippen MR) is 98.5 cm³/mol. The van der Waals surface area contributed by atoms with Crippen LogP contribution >= 0.6 is 0 Å². The molecule has 3 nitrogen and oxygen atoms in total. The maximum absolute atomic E-state index is 12.4. The second-order valence-electron chi connectivity index (χ2n) is 6.32. The summed E-state index contributed by atoms with van der Waals surface area (Å²) in [6, 6.07) is 16.1. The van der Waals surface area contributed by atoms with Crippen molar-refractivity contribution in [3.8, 4) is 5.75 Å². The van der Waals surface area contributed by atoms with Gasteiger partial charge in [0.1, 0.15) is 5.75 Å². The molecule has 0 aromatic heterocycles. The maximum atomic E-state index is 12.4. The van der Waals surface area contributed by atoms with Crippen molar-refractivity contribution < 1.29 is 9.53 Å². The van der Waals surface area contributed by atoms with Gasteiger partial charge in [0.15, 0.2) is 6.10 Å². The molecule has 128 valence electrons. The van der Waals surface area contributed by atoms with Crippen LogP contribution in [0.25, 0.3) is 0 Å². The lowest BCUT2D eigenvalue weighted by Crippen LogP contribution is -2.39. The van der Waals surface area contributed by atoms with Crippen LogP contribution in [0.1, 0.15) is 42.9 Å². The molecule has 0 saturated heterocycles. The number of amides is 1. The molecular weight excluding hydrogens is 298 g/mol. The van der Waals surface area contributed by atoms with Crippen LogP contribution in [0.3, 0.4) is 0 Å². The molecule has 0 unspecified atom stereocenters. The zero-order valence-electron chi connectivity index (χ0n) is 15.0. The number of rotatable bonds is 7. The standard InChI is InChI=1S/C21H27NO2/c1-5-20(24-19-12-11-15(2)16(3)13-19)21(23)22-14-17(4)18-9-7-6-8-10-18/h6-13,17,20H,5,14H2,1-4H3,(H,22,23)/t17-,20+/m1/s1. The molecule has 2 rings (SSSR count). The normalized spacial score (nSPS) is 13.2. The number of nitrogens with one attached hydrogen (secondary N) is 1. The first-order valence-corrected chi connectivity index (χ1v) is 8.57. The minimum absolute atomic E-state index is 0.0569. The lowest BCUT2D eigenvalue weighted by atomic mass is 10.0. The molecule has 0 aliphatic heterocycles. The third kappa shape index (κ3) is 4.85. The zero-order chi connectivity index (χ0) is 17.5. The van der Waals surface area contributed by atoms with Gasteiger partial charge in [0.25, 0.3) is 5.91 Å². The van der Waals surface area contributed by atoms with Gasteiger partial charge in [-0.1, -0.05) is 50.2 Å². The Morgan fingerprint density at radius 1 is 1.08 bits per heavy atom. The quantitative estimate of drug-likeness (QED) is 0.820. The fourth-order valence-corrected chi connectivity index (χ4v) is 2.54. The molecule has 0 heterocycles. The summed E-state index contributed by atoms with van der Waals surface area (Å²) in [5.74, 6) is 0.962. The van der Waals surface area contributed by atoms with Gasteiger partial charge in [-0.15, -0.1) is 0 Å². The van der Waals surface area contributed by atoms with E-state index in [-0.39, 0.29) is 11.8 Å².